The molecule has 0 amide bonds. The van der Waals surface area contributed by atoms with E-state index in [-0.39, 0.29) is 0 Å². The van der Waals surface area contributed by atoms with Crippen LogP contribution in [-0.4, -0.2) is 181 Å². The molecule has 9 rings (SSSR count). The minimum absolute atomic E-state index is 0.478. The maximum Gasteiger partial charge on any atom is 0.343 e. The van der Waals surface area contributed by atoms with Gasteiger partial charge in [-0.25, -0.2) is 38.4 Å². The van der Waals surface area contributed by atoms with E-state index in [1.54, 1.807) is 0 Å². The monoisotopic (exact) mass is 1380 g/mol. The van der Waals surface area contributed by atoms with Crippen LogP contribution in [0.3, 0.4) is 0 Å². The summed E-state index contributed by atoms with van der Waals surface area (Å²) < 4.78 is 48.7. The van der Waals surface area contributed by atoms with Crippen LogP contribution in [0.1, 0.15) is 89.3 Å². The predicted molar refractivity (Wildman–Crippen MR) is 312 cm³/mol. The molecule has 99 heavy (non-hydrogen) atoms. The van der Waals surface area contributed by atoms with Crippen molar-refractivity contribution in [2.75, 3.05) is 6.61 Å². The van der Waals surface area contributed by atoms with Gasteiger partial charge in [-0.2, -0.15) is 0 Å². The summed E-state index contributed by atoms with van der Waals surface area (Å²) in [5.74, 6) is -39.6. The summed E-state index contributed by atoms with van der Waals surface area (Å²) in [7, 11) is 0. The molecule has 0 aliphatic carbocycles. The number of benzene rings is 8. The molecule has 0 spiro atoms. The molecule has 8 aromatic rings. The van der Waals surface area contributed by atoms with E-state index < -0.39 is 268 Å². The first-order valence-electron chi connectivity index (χ1n) is 27.2. The second kappa shape index (κ2) is 27.2. The molecule has 2 unspecified atom stereocenters. The highest BCUT2D eigenvalue weighted by atomic mass is 16.7. The summed E-state index contributed by atoms with van der Waals surface area (Å²) in [5, 5.41) is 205. The zero-order chi connectivity index (χ0) is 72.5. The molecular formula is C62H44O37. The topological polar surface area (TPSA) is 624 Å². The van der Waals surface area contributed by atoms with Gasteiger partial charge in [-0.05, 0) is 97.1 Å². The molecule has 0 radical (unpaired) electrons. The van der Waals surface area contributed by atoms with Crippen LogP contribution in [0.5, 0.6) is 138 Å². The van der Waals surface area contributed by atoms with E-state index in [4.69, 9.17) is 42.6 Å². The molecule has 1 aliphatic rings. The molecule has 37 heteroatoms. The number of rotatable bonds is 17. The SMILES string of the molecule is O=C(OC[C@H]1OC(OC(=O)c2cc(O)c(O)c(OC(=O)c3cc(O)c(O)c(O)c3)c2)C[C@@H](OC(=O)c2cc(O)c(O)c(OC(=O)c3cc(O)c(O)c(O)c3)c2)C1OC(=O)c1cc(O)c(O)c(OC(=O)c2cc(O)c(O)c(O)c2)c1)c1cc(O)c(O)c(OC(=O)c2cc(O)c(O)c(O)c2)c1. The van der Waals surface area contributed by atoms with E-state index in [2.05, 4.69) is 0 Å². The molecule has 0 bridgehead atoms. The highest BCUT2D eigenvalue weighted by Crippen LogP contribution is 2.45. The second-order valence-electron chi connectivity index (χ2n) is 20.5. The van der Waals surface area contributed by atoms with Crippen molar-refractivity contribution in [1.29, 1.82) is 0 Å². The van der Waals surface area contributed by atoms with Gasteiger partial charge in [0.15, 0.2) is 121 Å². The van der Waals surface area contributed by atoms with Crippen molar-refractivity contribution in [2.45, 2.75) is 31.0 Å². The Morgan fingerprint density at radius 3 is 0.778 bits per heavy atom. The number of phenolic OH excluding ortho intramolecular Hbond substituents is 20. The maximum atomic E-state index is 14.5. The lowest BCUT2D eigenvalue weighted by Gasteiger charge is -2.39. The Bertz CT molecular complexity index is 4610. The lowest BCUT2D eigenvalue weighted by atomic mass is 10.0. The lowest BCUT2D eigenvalue weighted by molar-refractivity contribution is -0.238. The van der Waals surface area contributed by atoms with Crippen LogP contribution in [0.4, 0.5) is 0 Å². The average molecular weight is 1380 g/mol. The van der Waals surface area contributed by atoms with E-state index in [9.17, 15) is 140 Å². The van der Waals surface area contributed by atoms with Crippen LogP contribution in [-0.2, 0) is 23.7 Å². The van der Waals surface area contributed by atoms with E-state index in [0.717, 1.165) is 0 Å². The van der Waals surface area contributed by atoms with Gasteiger partial charge in [-0.15, -0.1) is 0 Å². The third-order valence-corrected chi connectivity index (χ3v) is 13.8. The van der Waals surface area contributed by atoms with Gasteiger partial charge in [0.1, 0.15) is 18.8 Å². The fraction of sp³-hybridized carbons (Fsp3) is 0.0968. The zero-order valence-electron chi connectivity index (χ0n) is 48.8. The van der Waals surface area contributed by atoms with E-state index >= 15 is 0 Å². The first-order valence-corrected chi connectivity index (χ1v) is 27.2. The summed E-state index contributed by atoms with van der Waals surface area (Å²) in [6, 6.07) is 8.91. The molecule has 4 atom stereocenters. The minimum atomic E-state index is -2.36. The maximum absolute atomic E-state index is 14.5. The molecular weight excluding hydrogens is 1340 g/mol. The molecule has 0 aromatic heterocycles. The number of esters is 8. The van der Waals surface area contributed by atoms with Crippen molar-refractivity contribution in [2.24, 2.45) is 0 Å². The third kappa shape index (κ3) is 14.7. The quantitative estimate of drug-likeness (QED) is 0.0262. The van der Waals surface area contributed by atoms with Crippen molar-refractivity contribution in [3.63, 3.8) is 0 Å². The minimum Gasteiger partial charge on any atom is -0.504 e. The number of hydrogen-bond acceptors (Lipinski definition) is 37. The summed E-state index contributed by atoms with van der Waals surface area (Å²) >= 11 is 0. The largest absolute Gasteiger partial charge is 0.504 e. The Morgan fingerprint density at radius 1 is 0.283 bits per heavy atom. The van der Waals surface area contributed by atoms with Gasteiger partial charge in [0.25, 0.3) is 0 Å². The number of hydrogen-bond donors (Lipinski definition) is 20. The Hall–Kier alpha value is -14.5. The summed E-state index contributed by atoms with van der Waals surface area (Å²) in [6.45, 7) is -1.37. The average Bonchev–Trinajstić information content (AvgIpc) is 0.804. The zero-order valence-corrected chi connectivity index (χ0v) is 48.8. The van der Waals surface area contributed by atoms with Crippen LogP contribution in [0.15, 0.2) is 97.1 Å². The molecule has 1 aliphatic heterocycles. The molecule has 8 aromatic carbocycles. The highest BCUT2D eigenvalue weighted by molar-refractivity contribution is 5.99. The van der Waals surface area contributed by atoms with Crippen LogP contribution in [0.25, 0.3) is 0 Å². The number of carbonyl (C=O) groups is 8. The van der Waals surface area contributed by atoms with Gasteiger partial charge in [-0.1, -0.05) is 0 Å². The first kappa shape index (κ1) is 68.8. The van der Waals surface area contributed by atoms with E-state index in [1.165, 1.54) is 0 Å². The van der Waals surface area contributed by atoms with Crippen molar-refractivity contribution < 1.29 is 183 Å². The van der Waals surface area contributed by atoms with Gasteiger partial charge < -0.3 is 145 Å². The van der Waals surface area contributed by atoms with E-state index in [0.29, 0.717) is 97.1 Å². The van der Waals surface area contributed by atoms with Crippen molar-refractivity contribution in [3.8, 4) is 138 Å². The Labute approximate surface area is 546 Å². The van der Waals surface area contributed by atoms with Gasteiger partial charge in [-0.3, -0.25) is 0 Å². The Kier molecular flexibility index (Phi) is 18.9. The molecule has 1 saturated heterocycles. The van der Waals surface area contributed by atoms with Gasteiger partial charge in [0, 0.05) is 0 Å². The van der Waals surface area contributed by atoms with Crippen molar-refractivity contribution in [1.82, 2.24) is 0 Å². The number of carbonyl (C=O) groups excluding carboxylic acids is 8. The Morgan fingerprint density at radius 2 is 0.505 bits per heavy atom. The van der Waals surface area contributed by atoms with Crippen LogP contribution in [0.2, 0.25) is 0 Å². The summed E-state index contributed by atoms with van der Waals surface area (Å²) in [6.07, 6.45) is -10.3. The molecule has 1 fully saturated rings. The number of aromatic hydroxyl groups is 20. The molecule has 37 nitrogen and oxygen atoms in total. The highest BCUT2D eigenvalue weighted by Gasteiger charge is 2.47. The molecule has 514 valence electrons. The van der Waals surface area contributed by atoms with Crippen molar-refractivity contribution >= 4 is 47.8 Å². The van der Waals surface area contributed by atoms with Gasteiger partial charge in [0.05, 0.1) is 50.9 Å². The number of phenols is 20. The van der Waals surface area contributed by atoms with Gasteiger partial charge in [0.2, 0.25) is 29.3 Å². The van der Waals surface area contributed by atoms with Gasteiger partial charge >= 0.3 is 47.8 Å². The predicted octanol–water partition coefficient (Wildman–Crippen LogP) is 4.26. The number of ether oxygens (including phenoxy) is 9. The Balaban J connectivity index is 1.10. The fourth-order valence-corrected chi connectivity index (χ4v) is 8.87. The lowest BCUT2D eigenvalue weighted by Crippen LogP contribution is -2.54. The van der Waals surface area contributed by atoms with Crippen LogP contribution >= 0.6 is 0 Å². The summed E-state index contributed by atoms with van der Waals surface area (Å²) in [4.78, 5) is 110. The third-order valence-electron chi connectivity index (χ3n) is 13.8. The summed E-state index contributed by atoms with van der Waals surface area (Å²) in [5.41, 5.74) is -6.34. The first-order chi connectivity index (χ1) is 46.6. The van der Waals surface area contributed by atoms with Crippen molar-refractivity contribution in [3.05, 3.63) is 142 Å². The molecule has 20 N–H and O–H groups in total. The molecule has 0 saturated carbocycles. The second-order valence-corrected chi connectivity index (χ2v) is 20.5. The molecule has 1 heterocycles. The smallest absolute Gasteiger partial charge is 0.343 e. The van der Waals surface area contributed by atoms with E-state index in [1.807, 2.05) is 0 Å². The fourth-order valence-electron chi connectivity index (χ4n) is 8.87. The van der Waals surface area contributed by atoms with Crippen LogP contribution in [0, 0.1) is 0 Å². The standard InChI is InChI=1S/C62H44O37/c63-27-1-19(2-28(64)46(27)75)56(84)93-39-13-23(9-35(71)50(39)79)55(83)91-18-44-54(99-62(90)26-12-38(74)53(82)42(16-26)96-59(87)22-7-33(69)49(78)34(70)8-22)43(97-60(88)24-10-36(72)51(80)40(14-24)94-57(85)20-3-29(65)47(76)30(66)4-20)17-45(92-44)98-61(89)25-11-37(73)52(81)41(15-25)95-58(86)21-5-31(67)48(77)32(68)6-21/h1-16,43-45,54,63-82H,17-18H2/t43-,44-,45?,54?/m1/s1. The van der Waals surface area contributed by atoms with Crippen LogP contribution < -0.4 is 18.9 Å². The normalized spacial score (nSPS) is 14.7.